The number of aromatic nitrogens is 1. The molecule has 0 aliphatic heterocycles. The Bertz CT molecular complexity index is 471. The topological polar surface area (TPSA) is 92.1 Å². The first kappa shape index (κ1) is 15.4. The number of rotatable bonds is 5. The molecule has 0 bridgehead atoms. The van der Waals surface area contributed by atoms with Crippen LogP contribution in [-0.4, -0.2) is 30.1 Å². The Morgan fingerprint density at radius 1 is 1.29 bits per heavy atom. The Morgan fingerprint density at radius 3 is 2.81 bits per heavy atom. The van der Waals surface area contributed by atoms with E-state index in [2.05, 4.69) is 20.9 Å². The lowest BCUT2D eigenvalue weighted by molar-refractivity contribution is 0.233. The maximum Gasteiger partial charge on any atom is 0.315 e. The minimum Gasteiger partial charge on any atom is -0.396 e. The van der Waals surface area contributed by atoms with Crippen molar-refractivity contribution in [3.8, 4) is 0 Å². The van der Waals surface area contributed by atoms with Crippen LogP contribution in [0, 0.1) is 6.92 Å². The van der Waals surface area contributed by atoms with Gasteiger partial charge in [-0.2, -0.15) is 0 Å². The summed E-state index contributed by atoms with van der Waals surface area (Å²) in [6, 6.07) is 3.94. The predicted molar refractivity (Wildman–Crippen MR) is 85.3 cm³/mol. The predicted octanol–water partition coefficient (Wildman–Crippen LogP) is 2.02. The van der Waals surface area contributed by atoms with Crippen molar-refractivity contribution in [2.24, 2.45) is 0 Å². The van der Waals surface area contributed by atoms with Crippen molar-refractivity contribution in [3.63, 3.8) is 0 Å². The van der Waals surface area contributed by atoms with Gasteiger partial charge in [-0.1, -0.05) is 19.3 Å². The summed E-state index contributed by atoms with van der Waals surface area (Å²) in [4.78, 5) is 16.1. The monoisotopic (exact) mass is 291 g/mol. The summed E-state index contributed by atoms with van der Waals surface area (Å²) >= 11 is 0. The van der Waals surface area contributed by atoms with Crippen molar-refractivity contribution in [3.05, 3.63) is 17.8 Å². The lowest BCUT2D eigenvalue weighted by Gasteiger charge is -2.22. The first-order valence-electron chi connectivity index (χ1n) is 7.66. The Hall–Kier alpha value is -1.98. The molecule has 1 aromatic heterocycles. The van der Waals surface area contributed by atoms with Gasteiger partial charge in [0, 0.05) is 24.8 Å². The van der Waals surface area contributed by atoms with Crippen molar-refractivity contribution in [2.75, 3.05) is 24.1 Å². The van der Waals surface area contributed by atoms with Gasteiger partial charge >= 0.3 is 6.03 Å². The smallest absolute Gasteiger partial charge is 0.315 e. The molecule has 0 unspecified atom stereocenters. The number of hydrogen-bond donors (Lipinski definition) is 4. The molecule has 1 aromatic rings. The number of nitrogens with zero attached hydrogens (tertiary/aromatic N) is 1. The van der Waals surface area contributed by atoms with E-state index >= 15 is 0 Å². The first-order valence-corrected chi connectivity index (χ1v) is 7.66. The average molecular weight is 291 g/mol. The van der Waals surface area contributed by atoms with E-state index in [1.807, 2.05) is 19.1 Å². The lowest BCUT2D eigenvalue weighted by Crippen LogP contribution is -2.44. The number of nitrogens with one attached hydrogen (secondary N) is 3. The SMILES string of the molecule is Cc1ccc(N)c(NCCNC(=O)NC2CCCCC2)n1. The van der Waals surface area contributed by atoms with Gasteiger partial charge in [0.2, 0.25) is 0 Å². The van der Waals surface area contributed by atoms with E-state index in [1.165, 1.54) is 19.3 Å². The minimum absolute atomic E-state index is 0.0890. The maximum atomic E-state index is 11.8. The molecule has 0 atom stereocenters. The van der Waals surface area contributed by atoms with E-state index in [0.717, 1.165) is 18.5 Å². The number of aryl methyl sites for hydroxylation is 1. The molecule has 1 saturated carbocycles. The van der Waals surface area contributed by atoms with Crippen molar-refractivity contribution in [2.45, 2.75) is 45.1 Å². The second kappa shape index (κ2) is 7.71. The van der Waals surface area contributed by atoms with Crippen LogP contribution < -0.4 is 21.7 Å². The third-order valence-corrected chi connectivity index (χ3v) is 3.71. The zero-order chi connectivity index (χ0) is 15.1. The van der Waals surface area contributed by atoms with E-state index in [4.69, 9.17) is 5.73 Å². The fourth-order valence-corrected chi connectivity index (χ4v) is 2.55. The van der Waals surface area contributed by atoms with Crippen LogP contribution in [0.25, 0.3) is 0 Å². The summed E-state index contributed by atoms with van der Waals surface area (Å²) in [6.07, 6.45) is 5.90. The molecular weight excluding hydrogens is 266 g/mol. The van der Waals surface area contributed by atoms with Crippen LogP contribution in [0.5, 0.6) is 0 Å². The molecule has 6 heteroatoms. The maximum absolute atomic E-state index is 11.8. The summed E-state index contributed by atoms with van der Waals surface area (Å²) in [6.45, 7) is 3.05. The molecule has 0 radical (unpaired) electrons. The fraction of sp³-hybridized carbons (Fsp3) is 0.600. The van der Waals surface area contributed by atoms with Crippen molar-refractivity contribution >= 4 is 17.5 Å². The van der Waals surface area contributed by atoms with Gasteiger partial charge in [-0.15, -0.1) is 0 Å². The summed E-state index contributed by atoms with van der Waals surface area (Å²) < 4.78 is 0. The molecular formula is C15H25N5O. The molecule has 5 N–H and O–H groups in total. The number of anilines is 2. The number of hydrogen-bond acceptors (Lipinski definition) is 4. The molecule has 116 valence electrons. The second-order valence-corrected chi connectivity index (χ2v) is 5.55. The van der Waals surface area contributed by atoms with Crippen molar-refractivity contribution < 1.29 is 4.79 Å². The number of carbonyl (C=O) groups excluding carboxylic acids is 1. The molecule has 0 spiro atoms. The molecule has 0 aromatic carbocycles. The average Bonchev–Trinajstić information content (AvgIpc) is 2.48. The highest BCUT2D eigenvalue weighted by atomic mass is 16.2. The van der Waals surface area contributed by atoms with Gasteiger partial charge < -0.3 is 21.7 Å². The van der Waals surface area contributed by atoms with Gasteiger partial charge in [-0.25, -0.2) is 9.78 Å². The van der Waals surface area contributed by atoms with Crippen LogP contribution >= 0.6 is 0 Å². The highest BCUT2D eigenvalue weighted by Crippen LogP contribution is 2.17. The van der Waals surface area contributed by atoms with Gasteiger partial charge in [0.25, 0.3) is 0 Å². The zero-order valence-corrected chi connectivity index (χ0v) is 12.6. The molecule has 1 aliphatic carbocycles. The Balaban J connectivity index is 1.64. The molecule has 1 aliphatic rings. The summed E-state index contributed by atoms with van der Waals surface area (Å²) in [5, 5.41) is 9.01. The number of carbonyl (C=O) groups is 1. The lowest BCUT2D eigenvalue weighted by atomic mass is 9.96. The van der Waals surface area contributed by atoms with Crippen LogP contribution in [0.1, 0.15) is 37.8 Å². The molecule has 2 amide bonds. The van der Waals surface area contributed by atoms with Crippen LogP contribution in [-0.2, 0) is 0 Å². The van der Waals surface area contributed by atoms with E-state index in [9.17, 15) is 4.79 Å². The summed E-state index contributed by atoms with van der Waals surface area (Å²) in [5.41, 5.74) is 7.36. The van der Waals surface area contributed by atoms with E-state index in [0.29, 0.717) is 30.6 Å². The first-order chi connectivity index (χ1) is 10.1. The third kappa shape index (κ3) is 5.13. The number of nitrogen functional groups attached to an aromatic ring is 1. The standard InChI is InChI=1S/C15H25N5O/c1-11-7-8-13(16)14(19-11)17-9-10-18-15(21)20-12-5-3-2-4-6-12/h7-8,12H,2-6,9-10,16H2,1H3,(H,17,19)(H2,18,20,21). The number of amides is 2. The highest BCUT2D eigenvalue weighted by molar-refractivity contribution is 5.74. The van der Waals surface area contributed by atoms with Crippen LogP contribution in [0.15, 0.2) is 12.1 Å². The second-order valence-electron chi connectivity index (χ2n) is 5.55. The number of urea groups is 1. The zero-order valence-electron chi connectivity index (χ0n) is 12.6. The largest absolute Gasteiger partial charge is 0.396 e. The number of nitrogens with two attached hydrogens (primary N) is 1. The molecule has 0 saturated heterocycles. The summed E-state index contributed by atoms with van der Waals surface area (Å²) in [7, 11) is 0. The van der Waals surface area contributed by atoms with Gasteiger partial charge in [0.1, 0.15) is 5.82 Å². The van der Waals surface area contributed by atoms with E-state index in [-0.39, 0.29) is 6.03 Å². The van der Waals surface area contributed by atoms with Crippen LogP contribution in [0.4, 0.5) is 16.3 Å². The normalized spacial score (nSPS) is 15.5. The third-order valence-electron chi connectivity index (χ3n) is 3.71. The highest BCUT2D eigenvalue weighted by Gasteiger charge is 2.14. The van der Waals surface area contributed by atoms with Crippen LogP contribution in [0.3, 0.4) is 0 Å². The fourth-order valence-electron chi connectivity index (χ4n) is 2.55. The van der Waals surface area contributed by atoms with Gasteiger partial charge in [0.15, 0.2) is 0 Å². The molecule has 6 nitrogen and oxygen atoms in total. The molecule has 2 rings (SSSR count). The van der Waals surface area contributed by atoms with Crippen LogP contribution in [0.2, 0.25) is 0 Å². The molecule has 21 heavy (non-hydrogen) atoms. The van der Waals surface area contributed by atoms with Crippen molar-refractivity contribution in [1.82, 2.24) is 15.6 Å². The quantitative estimate of drug-likeness (QED) is 0.625. The molecule has 1 heterocycles. The Kier molecular flexibility index (Phi) is 5.66. The Labute approximate surface area is 125 Å². The van der Waals surface area contributed by atoms with Crippen molar-refractivity contribution in [1.29, 1.82) is 0 Å². The molecule has 1 fully saturated rings. The minimum atomic E-state index is -0.0890. The van der Waals surface area contributed by atoms with Gasteiger partial charge in [0.05, 0.1) is 5.69 Å². The Morgan fingerprint density at radius 2 is 2.05 bits per heavy atom. The van der Waals surface area contributed by atoms with E-state index in [1.54, 1.807) is 0 Å². The van der Waals surface area contributed by atoms with Gasteiger partial charge in [-0.05, 0) is 31.9 Å². The van der Waals surface area contributed by atoms with Gasteiger partial charge in [-0.3, -0.25) is 0 Å². The number of pyridine rings is 1. The van der Waals surface area contributed by atoms with E-state index < -0.39 is 0 Å². The summed E-state index contributed by atoms with van der Waals surface area (Å²) in [5.74, 6) is 0.671.